The third-order valence-electron chi connectivity index (χ3n) is 6.94. The highest BCUT2D eigenvalue weighted by Crippen LogP contribution is 2.26. The Balaban J connectivity index is 1.95. The standard InChI is InChI=1S/C32H41N3O4S/c1-5-6-22-33-32(37)26(4)34(23-21-27-13-9-7-10-14-27)31(36)24-35(29-19-17-28(18-20-29)25(2)3)40(38,39)30-15-11-8-12-16-30/h7-20,25-26H,5-6,21-24H2,1-4H3,(H,33,37)/t26-/m0/s1. The molecule has 0 aliphatic rings. The number of anilines is 1. The minimum absolute atomic E-state index is 0.0944. The van der Waals surface area contributed by atoms with Crippen LogP contribution in [0.25, 0.3) is 0 Å². The summed E-state index contributed by atoms with van der Waals surface area (Å²) >= 11 is 0. The van der Waals surface area contributed by atoms with Gasteiger partial charge in [-0.25, -0.2) is 8.42 Å². The second kappa shape index (κ2) is 14.7. The number of nitrogens with zero attached hydrogens (tertiary/aromatic N) is 2. The van der Waals surface area contributed by atoms with Crippen molar-refractivity contribution >= 4 is 27.5 Å². The molecule has 40 heavy (non-hydrogen) atoms. The molecule has 1 atom stereocenters. The number of amides is 2. The highest BCUT2D eigenvalue weighted by atomic mass is 32.2. The van der Waals surface area contributed by atoms with Gasteiger partial charge in [0, 0.05) is 13.1 Å². The molecule has 1 N–H and O–H groups in total. The Kier molecular flexibility index (Phi) is 11.3. The lowest BCUT2D eigenvalue weighted by atomic mass is 10.0. The van der Waals surface area contributed by atoms with Gasteiger partial charge in [-0.3, -0.25) is 13.9 Å². The fourth-order valence-corrected chi connectivity index (χ4v) is 5.82. The SMILES string of the molecule is CCCCNC(=O)[C@H](C)N(CCc1ccccc1)C(=O)CN(c1ccc(C(C)C)cc1)S(=O)(=O)c1ccccc1. The van der Waals surface area contributed by atoms with Crippen molar-refractivity contribution in [3.8, 4) is 0 Å². The Morgan fingerprint density at radius 2 is 1.45 bits per heavy atom. The normalized spacial score (nSPS) is 12.1. The predicted octanol–water partition coefficient (Wildman–Crippen LogP) is 5.38. The molecular weight excluding hydrogens is 522 g/mol. The van der Waals surface area contributed by atoms with E-state index in [2.05, 4.69) is 19.2 Å². The first-order chi connectivity index (χ1) is 19.1. The summed E-state index contributed by atoms with van der Waals surface area (Å²) in [5.74, 6) is -0.425. The maximum atomic E-state index is 13.9. The van der Waals surface area contributed by atoms with Crippen molar-refractivity contribution < 1.29 is 18.0 Å². The summed E-state index contributed by atoms with van der Waals surface area (Å²) in [7, 11) is -4.06. The number of unbranched alkanes of at least 4 members (excludes halogenated alkanes) is 1. The Labute approximate surface area is 239 Å². The quantitative estimate of drug-likeness (QED) is 0.267. The van der Waals surface area contributed by atoms with Crippen LogP contribution in [0.4, 0.5) is 5.69 Å². The second-order valence-corrected chi connectivity index (χ2v) is 12.1. The average molecular weight is 564 g/mol. The molecule has 3 aromatic carbocycles. The van der Waals surface area contributed by atoms with E-state index in [-0.39, 0.29) is 23.3 Å². The van der Waals surface area contributed by atoms with Gasteiger partial charge in [0.25, 0.3) is 10.0 Å². The van der Waals surface area contributed by atoms with E-state index in [1.807, 2.05) is 49.4 Å². The molecule has 0 saturated heterocycles. The number of nitrogens with one attached hydrogen (secondary N) is 1. The highest BCUT2D eigenvalue weighted by molar-refractivity contribution is 7.92. The molecule has 0 aromatic heterocycles. The van der Waals surface area contributed by atoms with Crippen LogP contribution in [-0.2, 0) is 26.0 Å². The molecule has 0 unspecified atom stereocenters. The van der Waals surface area contributed by atoms with Gasteiger partial charge >= 0.3 is 0 Å². The number of carbonyl (C=O) groups is 2. The molecule has 214 valence electrons. The van der Waals surface area contributed by atoms with Crippen molar-refractivity contribution in [2.45, 2.75) is 63.8 Å². The lowest BCUT2D eigenvalue weighted by molar-refractivity contribution is -0.138. The van der Waals surface area contributed by atoms with Crippen LogP contribution in [0, 0.1) is 0 Å². The van der Waals surface area contributed by atoms with E-state index in [0.717, 1.165) is 28.3 Å². The molecule has 0 bridgehead atoms. The van der Waals surface area contributed by atoms with Gasteiger partial charge in [-0.1, -0.05) is 87.9 Å². The number of hydrogen-bond acceptors (Lipinski definition) is 4. The molecule has 8 heteroatoms. The number of sulfonamides is 1. The van der Waals surface area contributed by atoms with E-state index in [0.29, 0.717) is 18.7 Å². The minimum Gasteiger partial charge on any atom is -0.354 e. The van der Waals surface area contributed by atoms with Crippen molar-refractivity contribution in [1.29, 1.82) is 0 Å². The number of hydrogen-bond donors (Lipinski definition) is 1. The third kappa shape index (κ3) is 8.18. The number of rotatable bonds is 14. The summed E-state index contributed by atoms with van der Waals surface area (Å²) in [5.41, 5.74) is 2.48. The summed E-state index contributed by atoms with van der Waals surface area (Å²) in [5, 5.41) is 2.91. The van der Waals surface area contributed by atoms with E-state index in [1.165, 1.54) is 17.0 Å². The zero-order valence-electron chi connectivity index (χ0n) is 23.9. The first kappa shape index (κ1) is 30.9. The monoisotopic (exact) mass is 563 g/mol. The van der Waals surface area contributed by atoms with Gasteiger partial charge in [-0.05, 0) is 61.1 Å². The lowest BCUT2D eigenvalue weighted by Gasteiger charge is -2.32. The summed E-state index contributed by atoms with van der Waals surface area (Å²) in [6.45, 7) is 8.23. The summed E-state index contributed by atoms with van der Waals surface area (Å²) in [6, 6.07) is 24.3. The zero-order valence-corrected chi connectivity index (χ0v) is 24.7. The molecule has 3 aromatic rings. The van der Waals surface area contributed by atoms with Gasteiger partial charge in [0.2, 0.25) is 11.8 Å². The van der Waals surface area contributed by atoms with Crippen LogP contribution in [0.5, 0.6) is 0 Å². The lowest BCUT2D eigenvalue weighted by Crippen LogP contribution is -2.52. The van der Waals surface area contributed by atoms with Crippen LogP contribution in [0.2, 0.25) is 0 Å². The molecule has 0 fully saturated rings. The Morgan fingerprint density at radius 1 is 0.850 bits per heavy atom. The predicted molar refractivity (Wildman–Crippen MR) is 161 cm³/mol. The number of benzene rings is 3. The van der Waals surface area contributed by atoms with Crippen molar-refractivity contribution in [2.75, 3.05) is 23.9 Å². The molecule has 0 radical (unpaired) electrons. The van der Waals surface area contributed by atoms with Gasteiger partial charge in [0.1, 0.15) is 12.6 Å². The largest absolute Gasteiger partial charge is 0.354 e. The Bertz CT molecular complexity index is 1330. The van der Waals surface area contributed by atoms with Gasteiger partial charge in [-0.15, -0.1) is 0 Å². The van der Waals surface area contributed by atoms with E-state index in [1.54, 1.807) is 37.3 Å². The molecule has 7 nitrogen and oxygen atoms in total. The van der Waals surface area contributed by atoms with Crippen molar-refractivity contribution in [1.82, 2.24) is 10.2 Å². The van der Waals surface area contributed by atoms with Gasteiger partial charge in [-0.2, -0.15) is 0 Å². The highest BCUT2D eigenvalue weighted by Gasteiger charge is 2.32. The van der Waals surface area contributed by atoms with E-state index in [9.17, 15) is 18.0 Å². The smallest absolute Gasteiger partial charge is 0.264 e. The topological polar surface area (TPSA) is 86.8 Å². The molecular formula is C32H41N3O4S. The van der Waals surface area contributed by atoms with Crippen LogP contribution in [0.1, 0.15) is 57.6 Å². The van der Waals surface area contributed by atoms with Gasteiger partial charge in [0.05, 0.1) is 10.6 Å². The molecule has 0 spiro atoms. The average Bonchev–Trinajstić information content (AvgIpc) is 2.97. The van der Waals surface area contributed by atoms with Crippen LogP contribution in [-0.4, -0.2) is 50.8 Å². The van der Waals surface area contributed by atoms with Crippen molar-refractivity contribution in [2.24, 2.45) is 0 Å². The van der Waals surface area contributed by atoms with E-state index < -0.39 is 28.5 Å². The summed E-state index contributed by atoms with van der Waals surface area (Å²) < 4.78 is 28.8. The van der Waals surface area contributed by atoms with Gasteiger partial charge in [0.15, 0.2) is 0 Å². The Hall–Kier alpha value is -3.65. The van der Waals surface area contributed by atoms with Crippen LogP contribution in [0.3, 0.4) is 0 Å². The fraction of sp³-hybridized carbons (Fsp3) is 0.375. The van der Waals surface area contributed by atoms with E-state index >= 15 is 0 Å². The zero-order chi connectivity index (χ0) is 29.1. The molecule has 2 amide bonds. The molecule has 0 heterocycles. The maximum absolute atomic E-state index is 13.9. The molecule has 3 rings (SSSR count). The van der Waals surface area contributed by atoms with Crippen LogP contribution < -0.4 is 9.62 Å². The maximum Gasteiger partial charge on any atom is 0.264 e. The molecule has 0 saturated carbocycles. The third-order valence-corrected chi connectivity index (χ3v) is 8.73. The first-order valence-corrected chi connectivity index (χ1v) is 15.4. The summed E-state index contributed by atoms with van der Waals surface area (Å²) in [4.78, 5) is 28.5. The number of carbonyl (C=O) groups excluding carboxylic acids is 2. The van der Waals surface area contributed by atoms with Crippen LogP contribution >= 0.6 is 0 Å². The fourth-order valence-electron chi connectivity index (χ4n) is 4.38. The van der Waals surface area contributed by atoms with Crippen molar-refractivity contribution in [3.63, 3.8) is 0 Å². The molecule has 0 aliphatic carbocycles. The molecule has 0 aliphatic heterocycles. The minimum atomic E-state index is -4.06. The van der Waals surface area contributed by atoms with Crippen LogP contribution in [0.15, 0.2) is 89.8 Å². The van der Waals surface area contributed by atoms with Gasteiger partial charge < -0.3 is 10.2 Å². The van der Waals surface area contributed by atoms with E-state index in [4.69, 9.17) is 0 Å². The summed E-state index contributed by atoms with van der Waals surface area (Å²) in [6.07, 6.45) is 2.31. The first-order valence-electron chi connectivity index (χ1n) is 13.9. The van der Waals surface area contributed by atoms with Crippen molar-refractivity contribution in [3.05, 3.63) is 96.1 Å². The Morgan fingerprint density at radius 3 is 2.02 bits per heavy atom. The second-order valence-electron chi connectivity index (χ2n) is 10.2.